The molecule has 0 bridgehead atoms. The van der Waals surface area contributed by atoms with E-state index in [1.54, 1.807) is 7.05 Å². The minimum Gasteiger partial charge on any atom is -0.370 e. The van der Waals surface area contributed by atoms with Crippen LogP contribution in [-0.4, -0.2) is 29.5 Å². The van der Waals surface area contributed by atoms with Crippen LogP contribution in [0.5, 0.6) is 0 Å². The molecule has 20 heavy (non-hydrogen) atoms. The highest BCUT2D eigenvalue weighted by molar-refractivity contribution is 5.89. The summed E-state index contributed by atoms with van der Waals surface area (Å²) in [6.45, 7) is 0.747. The Morgan fingerprint density at radius 3 is 2.80 bits per heavy atom. The summed E-state index contributed by atoms with van der Waals surface area (Å²) in [4.78, 5) is 19.5. The number of anilines is 2. The Labute approximate surface area is 117 Å². The van der Waals surface area contributed by atoms with E-state index in [-0.39, 0.29) is 5.91 Å². The molecule has 0 atom stereocenters. The van der Waals surface area contributed by atoms with Crippen molar-refractivity contribution in [2.45, 2.75) is 19.3 Å². The lowest BCUT2D eigenvalue weighted by Crippen LogP contribution is -2.11. The summed E-state index contributed by atoms with van der Waals surface area (Å²) in [7, 11) is 1.79. The molecule has 0 spiro atoms. The number of carbonyl (C=O) groups is 1. The van der Waals surface area contributed by atoms with E-state index >= 15 is 0 Å². The van der Waals surface area contributed by atoms with Crippen LogP contribution in [0.25, 0.3) is 10.9 Å². The van der Waals surface area contributed by atoms with Gasteiger partial charge in [0.15, 0.2) is 0 Å². The molecule has 1 heterocycles. The van der Waals surface area contributed by atoms with Crippen molar-refractivity contribution < 1.29 is 4.79 Å². The Morgan fingerprint density at radius 2 is 2.05 bits per heavy atom. The molecule has 6 nitrogen and oxygen atoms in total. The summed E-state index contributed by atoms with van der Waals surface area (Å²) in [6, 6.07) is 7.85. The molecular formula is C14H19N5O. The Bertz CT molecular complexity index is 599. The van der Waals surface area contributed by atoms with Crippen LogP contribution in [-0.2, 0) is 4.79 Å². The predicted octanol–water partition coefficient (Wildman–Crippen LogP) is 1.74. The summed E-state index contributed by atoms with van der Waals surface area (Å²) in [5.41, 5.74) is 6.00. The van der Waals surface area contributed by atoms with Gasteiger partial charge in [-0.25, -0.2) is 4.98 Å². The zero-order valence-electron chi connectivity index (χ0n) is 11.5. The highest BCUT2D eigenvalue weighted by Crippen LogP contribution is 2.21. The third-order valence-corrected chi connectivity index (χ3v) is 2.97. The van der Waals surface area contributed by atoms with Gasteiger partial charge in [0.25, 0.3) is 0 Å². The Hall–Kier alpha value is -2.37. The molecule has 2 rings (SSSR count). The third kappa shape index (κ3) is 3.57. The number of primary amides is 1. The van der Waals surface area contributed by atoms with Crippen LogP contribution in [0.3, 0.4) is 0 Å². The van der Waals surface area contributed by atoms with Crippen LogP contribution < -0.4 is 16.4 Å². The van der Waals surface area contributed by atoms with E-state index in [1.165, 1.54) is 0 Å². The quantitative estimate of drug-likeness (QED) is 0.668. The number of aromatic nitrogens is 2. The van der Waals surface area contributed by atoms with Crippen molar-refractivity contribution in [2.75, 3.05) is 24.2 Å². The fourth-order valence-electron chi connectivity index (χ4n) is 1.95. The lowest BCUT2D eigenvalue weighted by Gasteiger charge is -2.10. The zero-order chi connectivity index (χ0) is 14.4. The second kappa shape index (κ2) is 6.70. The summed E-state index contributed by atoms with van der Waals surface area (Å²) >= 11 is 0. The Morgan fingerprint density at radius 1 is 1.25 bits per heavy atom. The molecule has 2 aromatic rings. The molecule has 0 fully saturated rings. The van der Waals surface area contributed by atoms with Crippen LogP contribution >= 0.6 is 0 Å². The second-order valence-electron chi connectivity index (χ2n) is 4.51. The first-order valence-corrected chi connectivity index (χ1v) is 6.67. The highest BCUT2D eigenvalue weighted by Gasteiger charge is 2.05. The van der Waals surface area contributed by atoms with E-state index in [1.807, 2.05) is 24.3 Å². The molecule has 0 radical (unpaired) electrons. The molecule has 1 aromatic heterocycles. The number of unbranched alkanes of at least 4 members (excludes halogenated alkanes) is 1. The molecule has 106 valence electrons. The monoisotopic (exact) mass is 273 g/mol. The summed E-state index contributed by atoms with van der Waals surface area (Å²) in [6.07, 6.45) is 2.08. The number of fused-ring (bicyclic) bond motifs is 1. The molecule has 0 saturated carbocycles. The predicted molar refractivity (Wildman–Crippen MR) is 80.6 cm³/mol. The van der Waals surface area contributed by atoms with Crippen molar-refractivity contribution in [3.8, 4) is 0 Å². The maximum atomic E-state index is 10.7. The van der Waals surface area contributed by atoms with Gasteiger partial charge in [0.05, 0.1) is 5.52 Å². The third-order valence-electron chi connectivity index (χ3n) is 2.97. The van der Waals surface area contributed by atoms with Crippen LogP contribution in [0.15, 0.2) is 24.3 Å². The molecule has 0 aliphatic rings. The van der Waals surface area contributed by atoms with E-state index in [2.05, 4.69) is 20.6 Å². The first-order valence-electron chi connectivity index (χ1n) is 6.67. The maximum absolute atomic E-state index is 10.7. The van der Waals surface area contributed by atoms with Crippen molar-refractivity contribution in [1.82, 2.24) is 9.97 Å². The fourth-order valence-corrected chi connectivity index (χ4v) is 1.95. The van der Waals surface area contributed by atoms with Crippen LogP contribution in [0.1, 0.15) is 19.3 Å². The molecule has 0 saturated heterocycles. The molecule has 0 unspecified atom stereocenters. The Balaban J connectivity index is 2.06. The minimum absolute atomic E-state index is 0.255. The second-order valence-corrected chi connectivity index (χ2v) is 4.51. The fraction of sp³-hybridized carbons (Fsp3) is 0.357. The topological polar surface area (TPSA) is 92.9 Å². The summed E-state index contributed by atoms with van der Waals surface area (Å²) in [5.74, 6) is 1.14. The first kappa shape index (κ1) is 14.0. The van der Waals surface area contributed by atoms with Gasteiger partial charge in [-0.05, 0) is 25.0 Å². The number of hydrogen-bond donors (Lipinski definition) is 3. The van der Waals surface area contributed by atoms with Gasteiger partial charge in [0.1, 0.15) is 5.82 Å². The number of amides is 1. The lowest BCUT2D eigenvalue weighted by atomic mass is 10.2. The van der Waals surface area contributed by atoms with E-state index in [0.717, 1.165) is 36.1 Å². The van der Waals surface area contributed by atoms with Crippen molar-refractivity contribution >= 4 is 28.6 Å². The number of benzene rings is 1. The molecule has 1 amide bonds. The van der Waals surface area contributed by atoms with Gasteiger partial charge in [0, 0.05) is 25.4 Å². The van der Waals surface area contributed by atoms with E-state index < -0.39 is 0 Å². The smallest absolute Gasteiger partial charge is 0.224 e. The summed E-state index contributed by atoms with van der Waals surface area (Å²) in [5, 5.41) is 7.23. The number of carbonyl (C=O) groups excluding carboxylic acids is 1. The molecule has 6 heteroatoms. The Kier molecular flexibility index (Phi) is 4.70. The SMILES string of the molecule is CNc1nc(NCCCCC(N)=O)c2ccccc2n1. The standard InChI is InChI=1S/C14H19N5O/c1-16-14-18-11-7-3-2-6-10(11)13(19-14)17-9-5-4-8-12(15)20/h2-3,6-7H,4-5,8-9H2,1H3,(H2,15,20)(H2,16,17,18,19). The normalized spacial score (nSPS) is 10.4. The number of hydrogen-bond acceptors (Lipinski definition) is 5. The molecule has 1 aromatic carbocycles. The number of nitrogens with two attached hydrogens (primary N) is 1. The van der Waals surface area contributed by atoms with Crippen molar-refractivity contribution in [1.29, 1.82) is 0 Å². The zero-order valence-corrected chi connectivity index (χ0v) is 11.5. The number of rotatable bonds is 7. The van der Waals surface area contributed by atoms with Crippen LogP contribution in [0.4, 0.5) is 11.8 Å². The van der Waals surface area contributed by atoms with Gasteiger partial charge in [0.2, 0.25) is 11.9 Å². The van der Waals surface area contributed by atoms with Gasteiger partial charge < -0.3 is 16.4 Å². The van der Waals surface area contributed by atoms with Gasteiger partial charge in [-0.3, -0.25) is 4.79 Å². The maximum Gasteiger partial charge on any atom is 0.224 e. The van der Waals surface area contributed by atoms with Gasteiger partial charge >= 0.3 is 0 Å². The summed E-state index contributed by atoms with van der Waals surface area (Å²) < 4.78 is 0. The molecule has 0 aliphatic carbocycles. The average Bonchev–Trinajstić information content (AvgIpc) is 2.46. The minimum atomic E-state index is -0.255. The number of para-hydroxylation sites is 1. The van der Waals surface area contributed by atoms with Gasteiger partial charge in [-0.1, -0.05) is 12.1 Å². The molecule has 0 aliphatic heterocycles. The first-order chi connectivity index (χ1) is 9.70. The largest absolute Gasteiger partial charge is 0.370 e. The lowest BCUT2D eigenvalue weighted by molar-refractivity contribution is -0.118. The number of nitrogens with one attached hydrogen (secondary N) is 2. The number of nitrogens with zero attached hydrogens (tertiary/aromatic N) is 2. The van der Waals surface area contributed by atoms with Gasteiger partial charge in [-0.15, -0.1) is 0 Å². The molecule has 4 N–H and O–H groups in total. The van der Waals surface area contributed by atoms with Crippen molar-refractivity contribution in [3.05, 3.63) is 24.3 Å². The highest BCUT2D eigenvalue weighted by atomic mass is 16.1. The molecular weight excluding hydrogens is 254 g/mol. The van der Waals surface area contributed by atoms with Crippen LogP contribution in [0.2, 0.25) is 0 Å². The van der Waals surface area contributed by atoms with Crippen molar-refractivity contribution in [3.63, 3.8) is 0 Å². The van der Waals surface area contributed by atoms with Gasteiger partial charge in [-0.2, -0.15) is 4.98 Å². The van der Waals surface area contributed by atoms with E-state index in [9.17, 15) is 4.79 Å². The van der Waals surface area contributed by atoms with E-state index in [0.29, 0.717) is 12.4 Å². The van der Waals surface area contributed by atoms with E-state index in [4.69, 9.17) is 5.73 Å². The van der Waals surface area contributed by atoms with Crippen molar-refractivity contribution in [2.24, 2.45) is 5.73 Å². The average molecular weight is 273 g/mol. The van der Waals surface area contributed by atoms with Crippen LogP contribution in [0, 0.1) is 0 Å².